The van der Waals surface area contributed by atoms with E-state index in [1.165, 1.54) is 24.8 Å². The molecule has 0 heterocycles. The van der Waals surface area contributed by atoms with Crippen molar-refractivity contribution in [3.05, 3.63) is 29.8 Å². The molecule has 3 rings (SSSR count). The number of benzene rings is 1. The Kier molecular flexibility index (Phi) is 4.51. The van der Waals surface area contributed by atoms with Gasteiger partial charge in [0.25, 0.3) is 0 Å². The smallest absolute Gasteiger partial charge is 0.120 e. The quantitative estimate of drug-likeness (QED) is 0.789. The molecule has 0 saturated heterocycles. The fraction of sp³-hybridized carbons (Fsp3) is 0.667. The minimum absolute atomic E-state index is 0.0344. The predicted octanol–water partition coefficient (Wildman–Crippen LogP) is 3.84. The van der Waals surface area contributed by atoms with Crippen LogP contribution in [0.25, 0.3) is 0 Å². The first-order valence-corrected chi connectivity index (χ1v) is 8.32. The van der Waals surface area contributed by atoms with Crippen LogP contribution in [-0.4, -0.2) is 25.4 Å². The van der Waals surface area contributed by atoms with Gasteiger partial charge in [-0.3, -0.25) is 0 Å². The van der Waals surface area contributed by atoms with E-state index >= 15 is 0 Å². The van der Waals surface area contributed by atoms with Gasteiger partial charge in [0.05, 0.1) is 17.7 Å². The Labute approximate surface area is 128 Å². The Morgan fingerprint density at radius 3 is 2.71 bits per heavy atom. The van der Waals surface area contributed by atoms with E-state index in [4.69, 9.17) is 9.47 Å². The van der Waals surface area contributed by atoms with Gasteiger partial charge in [0.2, 0.25) is 0 Å². The first kappa shape index (κ1) is 14.9. The Morgan fingerprint density at radius 2 is 2.14 bits per heavy atom. The van der Waals surface area contributed by atoms with E-state index < -0.39 is 0 Å². The van der Waals surface area contributed by atoms with Gasteiger partial charge in [-0.1, -0.05) is 19.1 Å². The van der Waals surface area contributed by atoms with Crippen molar-refractivity contribution >= 4 is 0 Å². The standard InChI is InChI=1S/C18H27NO2/c1-3-12-19-17(18(20-2)10-5-11-18)14-6-4-7-16(13-14)21-15-8-9-15/h4,6-7,13,15,17,19H,3,5,8-12H2,1-2H3. The fourth-order valence-electron chi connectivity index (χ4n) is 3.18. The Balaban J connectivity index is 1.80. The van der Waals surface area contributed by atoms with Crippen molar-refractivity contribution in [1.82, 2.24) is 5.32 Å². The van der Waals surface area contributed by atoms with Crippen molar-refractivity contribution in [2.75, 3.05) is 13.7 Å². The van der Waals surface area contributed by atoms with E-state index in [0.29, 0.717) is 6.10 Å². The van der Waals surface area contributed by atoms with Crippen molar-refractivity contribution in [3.63, 3.8) is 0 Å². The molecule has 0 spiro atoms. The van der Waals surface area contributed by atoms with Crippen LogP contribution in [0.5, 0.6) is 5.75 Å². The molecule has 2 saturated carbocycles. The van der Waals surface area contributed by atoms with E-state index in [1.54, 1.807) is 0 Å². The zero-order valence-corrected chi connectivity index (χ0v) is 13.2. The van der Waals surface area contributed by atoms with Gasteiger partial charge in [0.1, 0.15) is 5.75 Å². The SMILES string of the molecule is CCCNC(c1cccc(OC2CC2)c1)C1(OC)CCC1. The van der Waals surface area contributed by atoms with E-state index in [-0.39, 0.29) is 11.6 Å². The maximum absolute atomic E-state index is 5.95. The largest absolute Gasteiger partial charge is 0.490 e. The second kappa shape index (κ2) is 6.37. The zero-order valence-electron chi connectivity index (χ0n) is 13.2. The van der Waals surface area contributed by atoms with Gasteiger partial charge in [-0.05, 0) is 62.8 Å². The maximum Gasteiger partial charge on any atom is 0.120 e. The van der Waals surface area contributed by atoms with Crippen molar-refractivity contribution < 1.29 is 9.47 Å². The molecule has 2 aliphatic rings. The molecule has 3 heteroatoms. The summed E-state index contributed by atoms with van der Waals surface area (Å²) in [5.74, 6) is 1.00. The van der Waals surface area contributed by atoms with Crippen molar-refractivity contribution in [2.24, 2.45) is 0 Å². The monoisotopic (exact) mass is 289 g/mol. The highest BCUT2D eigenvalue weighted by Crippen LogP contribution is 2.45. The van der Waals surface area contributed by atoms with Crippen LogP contribution in [0.1, 0.15) is 57.1 Å². The van der Waals surface area contributed by atoms with E-state index in [9.17, 15) is 0 Å². The Morgan fingerprint density at radius 1 is 1.33 bits per heavy atom. The average Bonchev–Trinajstić information content (AvgIpc) is 3.26. The lowest BCUT2D eigenvalue weighted by Crippen LogP contribution is -2.50. The summed E-state index contributed by atoms with van der Waals surface area (Å²) < 4.78 is 11.9. The first-order valence-electron chi connectivity index (χ1n) is 8.32. The summed E-state index contributed by atoms with van der Waals surface area (Å²) in [6, 6.07) is 8.84. The molecule has 1 aromatic carbocycles. The van der Waals surface area contributed by atoms with Crippen LogP contribution in [0.3, 0.4) is 0 Å². The average molecular weight is 289 g/mol. The highest BCUT2D eigenvalue weighted by molar-refractivity contribution is 5.33. The third-order valence-electron chi connectivity index (χ3n) is 4.75. The summed E-state index contributed by atoms with van der Waals surface area (Å²) in [6.45, 7) is 3.22. The molecule has 2 aliphatic carbocycles. The molecule has 0 bridgehead atoms. The highest BCUT2D eigenvalue weighted by atomic mass is 16.5. The number of methoxy groups -OCH3 is 1. The molecule has 0 amide bonds. The Bertz CT molecular complexity index is 461. The minimum Gasteiger partial charge on any atom is -0.490 e. The number of hydrogen-bond donors (Lipinski definition) is 1. The predicted molar refractivity (Wildman–Crippen MR) is 84.7 cm³/mol. The second-order valence-corrected chi connectivity index (χ2v) is 6.40. The van der Waals surface area contributed by atoms with Crippen molar-refractivity contribution in [2.45, 2.75) is 63.2 Å². The maximum atomic E-state index is 5.95. The topological polar surface area (TPSA) is 30.5 Å². The molecule has 116 valence electrons. The lowest BCUT2D eigenvalue weighted by atomic mass is 9.72. The molecule has 0 radical (unpaired) electrons. The van der Waals surface area contributed by atoms with Gasteiger partial charge in [-0.25, -0.2) is 0 Å². The fourth-order valence-corrected chi connectivity index (χ4v) is 3.18. The summed E-state index contributed by atoms with van der Waals surface area (Å²) in [5, 5.41) is 3.70. The van der Waals surface area contributed by atoms with Crippen LogP contribution in [0.2, 0.25) is 0 Å². The number of rotatable bonds is 8. The molecule has 3 nitrogen and oxygen atoms in total. The van der Waals surface area contributed by atoms with E-state index in [0.717, 1.165) is 31.6 Å². The van der Waals surface area contributed by atoms with Gasteiger partial charge in [0, 0.05) is 7.11 Å². The normalized spacial score (nSPS) is 21.6. The number of nitrogens with one attached hydrogen (secondary N) is 1. The molecule has 1 N–H and O–H groups in total. The van der Waals surface area contributed by atoms with E-state index in [1.807, 2.05) is 7.11 Å². The van der Waals surface area contributed by atoms with Gasteiger partial charge in [-0.15, -0.1) is 0 Å². The molecule has 1 unspecified atom stereocenters. The molecule has 21 heavy (non-hydrogen) atoms. The zero-order chi connectivity index (χ0) is 14.7. The van der Waals surface area contributed by atoms with Gasteiger partial charge in [0.15, 0.2) is 0 Å². The molecule has 0 aromatic heterocycles. The summed E-state index contributed by atoms with van der Waals surface area (Å²) in [4.78, 5) is 0. The summed E-state index contributed by atoms with van der Waals surface area (Å²) in [5.41, 5.74) is 1.26. The summed E-state index contributed by atoms with van der Waals surface area (Å²) >= 11 is 0. The van der Waals surface area contributed by atoms with Crippen molar-refractivity contribution in [1.29, 1.82) is 0 Å². The third-order valence-corrected chi connectivity index (χ3v) is 4.75. The molecule has 1 atom stereocenters. The van der Waals surface area contributed by atoms with Gasteiger partial charge in [-0.2, -0.15) is 0 Å². The van der Waals surface area contributed by atoms with Crippen LogP contribution < -0.4 is 10.1 Å². The molecular weight excluding hydrogens is 262 g/mol. The number of hydrogen-bond acceptors (Lipinski definition) is 3. The lowest BCUT2D eigenvalue weighted by molar-refractivity contribution is -0.0997. The number of ether oxygens (including phenoxy) is 2. The Hall–Kier alpha value is -1.06. The van der Waals surface area contributed by atoms with Gasteiger partial charge < -0.3 is 14.8 Å². The van der Waals surface area contributed by atoms with Crippen LogP contribution in [0.15, 0.2) is 24.3 Å². The molecule has 0 aliphatic heterocycles. The van der Waals surface area contributed by atoms with Crippen LogP contribution in [0.4, 0.5) is 0 Å². The molecule has 2 fully saturated rings. The third kappa shape index (κ3) is 3.24. The van der Waals surface area contributed by atoms with E-state index in [2.05, 4.69) is 36.5 Å². The minimum atomic E-state index is -0.0344. The van der Waals surface area contributed by atoms with Crippen LogP contribution >= 0.6 is 0 Å². The summed E-state index contributed by atoms with van der Waals surface area (Å²) in [6.07, 6.45) is 7.51. The van der Waals surface area contributed by atoms with Crippen molar-refractivity contribution in [3.8, 4) is 5.75 Å². The lowest BCUT2D eigenvalue weighted by Gasteiger charge is -2.47. The summed E-state index contributed by atoms with van der Waals surface area (Å²) in [7, 11) is 1.85. The molecular formula is C18H27NO2. The molecule has 1 aromatic rings. The van der Waals surface area contributed by atoms with Gasteiger partial charge >= 0.3 is 0 Å². The first-order chi connectivity index (χ1) is 10.3. The highest BCUT2D eigenvalue weighted by Gasteiger charge is 2.45. The van der Waals surface area contributed by atoms with Crippen LogP contribution in [-0.2, 0) is 4.74 Å². The second-order valence-electron chi connectivity index (χ2n) is 6.40. The van der Waals surface area contributed by atoms with Crippen LogP contribution in [0, 0.1) is 0 Å².